The molecule has 1 heterocycles. The van der Waals surface area contributed by atoms with Gasteiger partial charge in [0.1, 0.15) is 10.6 Å². The highest BCUT2D eigenvalue weighted by Crippen LogP contribution is 2.41. The van der Waals surface area contributed by atoms with E-state index in [0.29, 0.717) is 21.3 Å². The zero-order chi connectivity index (χ0) is 21.8. The van der Waals surface area contributed by atoms with Gasteiger partial charge in [-0.05, 0) is 25.1 Å². The van der Waals surface area contributed by atoms with Crippen LogP contribution in [0.4, 0.5) is 10.7 Å². The van der Waals surface area contributed by atoms with Crippen molar-refractivity contribution in [3.05, 3.63) is 59.7 Å². The van der Waals surface area contributed by atoms with Gasteiger partial charge in [-0.3, -0.25) is 14.4 Å². The Kier molecular flexibility index (Phi) is 6.27. The van der Waals surface area contributed by atoms with Gasteiger partial charge < -0.3 is 10.1 Å². The summed E-state index contributed by atoms with van der Waals surface area (Å²) in [6.07, 6.45) is 0. The molecule has 154 valence electrons. The molecule has 2 aromatic carbocycles. The van der Waals surface area contributed by atoms with Crippen LogP contribution in [0.5, 0.6) is 0 Å². The highest BCUT2D eigenvalue weighted by molar-refractivity contribution is 7.24. The van der Waals surface area contributed by atoms with Gasteiger partial charge in [0.2, 0.25) is 11.8 Å². The fraction of sp³-hybridized carbons (Fsp3) is 0.182. The van der Waals surface area contributed by atoms with Gasteiger partial charge in [0.15, 0.2) is 0 Å². The van der Waals surface area contributed by atoms with Crippen LogP contribution in [-0.4, -0.2) is 30.3 Å². The number of anilines is 2. The van der Waals surface area contributed by atoms with Crippen LogP contribution in [0.1, 0.15) is 41.5 Å². The second kappa shape index (κ2) is 8.87. The number of nitrogens with zero attached hydrogens (tertiary/aromatic N) is 1. The number of rotatable bonds is 5. The summed E-state index contributed by atoms with van der Waals surface area (Å²) < 4.78 is 5.71. The summed E-state index contributed by atoms with van der Waals surface area (Å²) in [5.41, 5.74) is 0.970. The molecule has 1 N–H and O–H groups in total. The van der Waals surface area contributed by atoms with Crippen LogP contribution in [0.15, 0.2) is 48.5 Å². The molecule has 30 heavy (non-hydrogen) atoms. The van der Waals surface area contributed by atoms with Crippen molar-refractivity contribution in [2.45, 2.75) is 20.8 Å². The van der Waals surface area contributed by atoms with Crippen molar-refractivity contribution < 1.29 is 23.9 Å². The van der Waals surface area contributed by atoms with Crippen molar-refractivity contribution in [2.24, 2.45) is 0 Å². The maximum absolute atomic E-state index is 12.7. The van der Waals surface area contributed by atoms with Gasteiger partial charge in [-0.25, -0.2) is 9.69 Å². The maximum atomic E-state index is 12.7. The van der Waals surface area contributed by atoms with Gasteiger partial charge in [-0.2, -0.15) is 0 Å². The Morgan fingerprint density at radius 2 is 1.63 bits per heavy atom. The second-order valence-corrected chi connectivity index (χ2v) is 7.39. The van der Waals surface area contributed by atoms with E-state index in [4.69, 9.17) is 4.74 Å². The molecule has 3 amide bonds. The average molecular weight is 424 g/mol. The van der Waals surface area contributed by atoms with Crippen LogP contribution in [0, 0.1) is 0 Å². The number of nitrogens with one attached hydrogen (secondary N) is 1. The smallest absolute Gasteiger partial charge is 0.341 e. The number of fused-ring (bicyclic) bond motifs is 1. The zero-order valence-electron chi connectivity index (χ0n) is 16.7. The van der Waals surface area contributed by atoms with Crippen molar-refractivity contribution in [1.82, 2.24) is 0 Å². The van der Waals surface area contributed by atoms with Gasteiger partial charge in [0.25, 0.3) is 5.91 Å². The number of carbonyl (C=O) groups is 4. The average Bonchev–Trinajstić information content (AvgIpc) is 3.07. The predicted molar refractivity (Wildman–Crippen MR) is 116 cm³/mol. The molecular weight excluding hydrogens is 404 g/mol. The Morgan fingerprint density at radius 1 is 0.967 bits per heavy atom. The first-order valence-corrected chi connectivity index (χ1v) is 10.1. The molecule has 0 spiro atoms. The minimum absolute atomic E-state index is 0.162. The normalized spacial score (nSPS) is 10.5. The molecule has 0 unspecified atom stereocenters. The Hall–Kier alpha value is -3.52. The number of hydrogen-bond donors (Lipinski definition) is 1. The van der Waals surface area contributed by atoms with Crippen molar-refractivity contribution in [3.63, 3.8) is 0 Å². The summed E-state index contributed by atoms with van der Waals surface area (Å²) in [6, 6.07) is 13.6. The summed E-state index contributed by atoms with van der Waals surface area (Å²) in [7, 11) is 0. The van der Waals surface area contributed by atoms with Gasteiger partial charge in [0, 0.05) is 24.8 Å². The third kappa shape index (κ3) is 4.08. The van der Waals surface area contributed by atoms with Crippen molar-refractivity contribution >= 4 is 55.8 Å². The van der Waals surface area contributed by atoms with E-state index in [1.165, 1.54) is 13.8 Å². The molecule has 0 saturated heterocycles. The van der Waals surface area contributed by atoms with Gasteiger partial charge in [-0.1, -0.05) is 30.3 Å². The van der Waals surface area contributed by atoms with E-state index in [1.54, 1.807) is 55.5 Å². The Labute approximate surface area is 177 Å². The first-order valence-electron chi connectivity index (χ1n) is 9.25. The van der Waals surface area contributed by atoms with Crippen molar-refractivity contribution in [3.8, 4) is 0 Å². The number of carbonyl (C=O) groups excluding carboxylic acids is 4. The van der Waals surface area contributed by atoms with Crippen LogP contribution in [0.25, 0.3) is 10.1 Å². The number of hydrogen-bond acceptors (Lipinski definition) is 6. The van der Waals surface area contributed by atoms with E-state index >= 15 is 0 Å². The van der Waals surface area contributed by atoms with Crippen LogP contribution < -0.4 is 10.2 Å². The maximum Gasteiger partial charge on any atom is 0.341 e. The van der Waals surface area contributed by atoms with Crippen molar-refractivity contribution in [2.75, 3.05) is 16.8 Å². The fourth-order valence-corrected chi connectivity index (χ4v) is 4.29. The molecule has 0 aliphatic rings. The number of ether oxygens (including phenoxy) is 1. The van der Waals surface area contributed by atoms with E-state index in [-0.39, 0.29) is 23.1 Å². The Bertz CT molecular complexity index is 1120. The number of esters is 1. The standard InChI is InChI=1S/C22H20N2O5S/c1-4-29-22(28)18-16-11-8-12-17(24(13(2)25)14(3)26)19(16)30-21(18)23-20(27)15-9-6-5-7-10-15/h5-12H,4H2,1-3H3,(H,23,27). The molecule has 8 heteroatoms. The SMILES string of the molecule is CCOC(=O)c1c(NC(=O)c2ccccc2)sc2c(N(C(C)=O)C(C)=O)cccc12. The molecule has 1 aromatic heterocycles. The molecule has 3 rings (SSSR count). The number of amides is 3. The Balaban J connectivity index is 2.18. The topological polar surface area (TPSA) is 92.8 Å². The third-order valence-electron chi connectivity index (χ3n) is 4.31. The zero-order valence-corrected chi connectivity index (χ0v) is 17.5. The van der Waals surface area contributed by atoms with E-state index in [2.05, 4.69) is 5.32 Å². The quantitative estimate of drug-likeness (QED) is 0.619. The molecule has 0 aliphatic heterocycles. The monoisotopic (exact) mass is 424 g/mol. The highest BCUT2D eigenvalue weighted by atomic mass is 32.1. The van der Waals surface area contributed by atoms with Gasteiger partial charge in [0.05, 0.1) is 17.0 Å². The highest BCUT2D eigenvalue weighted by Gasteiger charge is 2.26. The number of benzene rings is 2. The minimum atomic E-state index is -0.596. The molecule has 0 aliphatic carbocycles. The molecule has 0 fully saturated rings. The van der Waals surface area contributed by atoms with Crippen LogP contribution in [0.3, 0.4) is 0 Å². The first kappa shape index (κ1) is 21.2. The fourth-order valence-electron chi connectivity index (χ4n) is 3.10. The molecule has 0 radical (unpaired) electrons. The largest absolute Gasteiger partial charge is 0.462 e. The van der Waals surface area contributed by atoms with E-state index in [0.717, 1.165) is 16.2 Å². The summed E-state index contributed by atoms with van der Waals surface area (Å²) in [4.78, 5) is 50.6. The van der Waals surface area contributed by atoms with Crippen LogP contribution >= 0.6 is 11.3 Å². The molecular formula is C22H20N2O5S. The van der Waals surface area contributed by atoms with E-state index in [9.17, 15) is 19.2 Å². The first-order chi connectivity index (χ1) is 14.3. The van der Waals surface area contributed by atoms with Gasteiger partial charge >= 0.3 is 5.97 Å². The van der Waals surface area contributed by atoms with Crippen LogP contribution in [-0.2, 0) is 14.3 Å². The summed E-state index contributed by atoms with van der Waals surface area (Å²) in [5.74, 6) is -1.88. The Morgan fingerprint density at radius 3 is 2.23 bits per heavy atom. The summed E-state index contributed by atoms with van der Waals surface area (Å²) in [5, 5.41) is 3.55. The second-order valence-electron chi connectivity index (χ2n) is 6.37. The minimum Gasteiger partial charge on any atom is -0.462 e. The lowest BCUT2D eigenvalue weighted by Crippen LogP contribution is -2.33. The summed E-state index contributed by atoms with van der Waals surface area (Å²) in [6.45, 7) is 4.43. The molecule has 0 atom stereocenters. The van der Waals surface area contributed by atoms with Crippen molar-refractivity contribution in [1.29, 1.82) is 0 Å². The molecule has 0 saturated carbocycles. The van der Waals surface area contributed by atoms with Gasteiger partial charge in [-0.15, -0.1) is 11.3 Å². The summed E-state index contributed by atoms with van der Waals surface area (Å²) >= 11 is 1.11. The lowest BCUT2D eigenvalue weighted by atomic mass is 10.1. The third-order valence-corrected chi connectivity index (χ3v) is 5.45. The lowest BCUT2D eigenvalue weighted by molar-refractivity contribution is -0.124. The van der Waals surface area contributed by atoms with Crippen LogP contribution in [0.2, 0.25) is 0 Å². The molecule has 0 bridgehead atoms. The number of thiophene rings is 1. The number of imide groups is 1. The van der Waals surface area contributed by atoms with E-state index in [1.807, 2.05) is 0 Å². The van der Waals surface area contributed by atoms with E-state index < -0.39 is 17.8 Å². The molecule has 3 aromatic rings. The predicted octanol–water partition coefficient (Wildman–Crippen LogP) is 4.23. The molecule has 7 nitrogen and oxygen atoms in total. The lowest BCUT2D eigenvalue weighted by Gasteiger charge is -2.17.